The summed E-state index contributed by atoms with van der Waals surface area (Å²) < 4.78 is 0. The highest BCUT2D eigenvalue weighted by atomic mass is 15.0. The molecule has 230 valence electrons. The Balaban J connectivity index is 1.17. The first kappa shape index (κ1) is 29.5. The van der Waals surface area contributed by atoms with E-state index in [1.807, 2.05) is 30.3 Å². The zero-order valence-corrected chi connectivity index (χ0v) is 27.4. The Hall–Kier alpha value is -5.85. The van der Waals surface area contributed by atoms with Crippen LogP contribution in [0.25, 0.3) is 33.4 Å². The van der Waals surface area contributed by atoms with E-state index >= 15 is 0 Å². The molecule has 1 heterocycles. The Bertz CT molecular complexity index is 2270. The summed E-state index contributed by atoms with van der Waals surface area (Å²) in [6.07, 6.45) is 0. The van der Waals surface area contributed by atoms with E-state index in [2.05, 4.69) is 142 Å². The molecule has 0 N–H and O–H groups in total. The van der Waals surface area contributed by atoms with Crippen molar-refractivity contribution >= 4 is 11.5 Å². The van der Waals surface area contributed by atoms with Gasteiger partial charge in [0.1, 0.15) is 0 Å². The van der Waals surface area contributed by atoms with Gasteiger partial charge in [0, 0.05) is 16.9 Å². The van der Waals surface area contributed by atoms with Gasteiger partial charge in [0.05, 0.1) is 23.4 Å². The molecular formula is C45H35N3. The van der Waals surface area contributed by atoms with Gasteiger partial charge in [-0.1, -0.05) is 142 Å². The van der Waals surface area contributed by atoms with Crippen LogP contribution in [0, 0.1) is 17.2 Å². The quantitative estimate of drug-likeness (QED) is 0.190. The fourth-order valence-corrected chi connectivity index (χ4v) is 7.41. The van der Waals surface area contributed by atoms with Crippen LogP contribution >= 0.6 is 0 Å². The largest absolute Gasteiger partial charge is 0.257 e. The van der Waals surface area contributed by atoms with E-state index in [1.165, 1.54) is 50.1 Å². The van der Waals surface area contributed by atoms with Gasteiger partial charge in [-0.2, -0.15) is 5.26 Å². The number of nitriles is 1. The van der Waals surface area contributed by atoms with Crippen LogP contribution in [0.1, 0.15) is 60.2 Å². The Labute approximate surface area is 282 Å². The molecule has 6 aromatic carbocycles. The fraction of sp³-hybridized carbons (Fsp3) is 0.133. The first-order valence-corrected chi connectivity index (χ1v) is 16.6. The van der Waals surface area contributed by atoms with Crippen molar-refractivity contribution in [1.82, 2.24) is 0 Å². The smallest absolute Gasteiger partial charge is 0.155 e. The monoisotopic (exact) mass is 617 g/mol. The molecule has 0 aromatic heterocycles. The molecule has 2 aliphatic rings. The minimum Gasteiger partial charge on any atom is -0.257 e. The van der Waals surface area contributed by atoms with Crippen molar-refractivity contribution in [3.8, 4) is 39.4 Å². The van der Waals surface area contributed by atoms with Crippen LogP contribution in [0.4, 0.5) is 0 Å². The summed E-state index contributed by atoms with van der Waals surface area (Å²) in [6, 6.07) is 53.5. The summed E-state index contributed by atoms with van der Waals surface area (Å²) in [6.45, 7) is 6.77. The van der Waals surface area contributed by atoms with Gasteiger partial charge in [0.15, 0.2) is 5.84 Å². The summed E-state index contributed by atoms with van der Waals surface area (Å²) >= 11 is 0. The average molecular weight is 618 g/mol. The highest BCUT2D eigenvalue weighted by Crippen LogP contribution is 2.50. The van der Waals surface area contributed by atoms with Gasteiger partial charge in [-0.05, 0) is 79.9 Å². The molecule has 0 saturated heterocycles. The molecule has 2 atom stereocenters. The number of nitrogens with zero attached hydrogens (tertiary/aromatic N) is 3. The predicted molar refractivity (Wildman–Crippen MR) is 197 cm³/mol. The summed E-state index contributed by atoms with van der Waals surface area (Å²) in [5.74, 6) is 0.832. The van der Waals surface area contributed by atoms with Crippen LogP contribution in [0.15, 0.2) is 156 Å². The topological polar surface area (TPSA) is 48.5 Å². The summed E-state index contributed by atoms with van der Waals surface area (Å²) in [4.78, 5) is 10.5. The molecule has 0 spiro atoms. The van der Waals surface area contributed by atoms with E-state index in [4.69, 9.17) is 9.98 Å². The van der Waals surface area contributed by atoms with Crippen molar-refractivity contribution in [2.24, 2.45) is 15.9 Å². The summed E-state index contributed by atoms with van der Waals surface area (Å²) in [5.41, 5.74) is 14.6. The van der Waals surface area contributed by atoms with Crippen LogP contribution in [0.3, 0.4) is 0 Å². The van der Waals surface area contributed by atoms with Gasteiger partial charge in [0.25, 0.3) is 0 Å². The lowest BCUT2D eigenvalue weighted by atomic mass is 9.81. The van der Waals surface area contributed by atoms with E-state index < -0.39 is 0 Å². The van der Waals surface area contributed by atoms with Crippen LogP contribution < -0.4 is 0 Å². The number of hydrogen-bond acceptors (Lipinski definition) is 3. The van der Waals surface area contributed by atoms with E-state index in [1.54, 1.807) is 0 Å². The van der Waals surface area contributed by atoms with Gasteiger partial charge in [-0.25, -0.2) is 4.99 Å². The van der Waals surface area contributed by atoms with Crippen LogP contribution in [-0.2, 0) is 5.41 Å². The molecule has 0 amide bonds. The van der Waals surface area contributed by atoms with Crippen molar-refractivity contribution < 1.29 is 0 Å². The van der Waals surface area contributed by atoms with Crippen molar-refractivity contribution in [3.05, 3.63) is 179 Å². The van der Waals surface area contributed by atoms with Crippen molar-refractivity contribution in [2.45, 2.75) is 32.2 Å². The molecule has 1 aliphatic carbocycles. The van der Waals surface area contributed by atoms with E-state index in [0.29, 0.717) is 5.56 Å². The standard InChI is InChI=1S/C45H35N3/c1-29-42(33-20-18-32(19-21-33)31-11-6-4-7-12-31)47-44(34-13-8-5-9-14-34)48-43(29)37-16-10-15-35(26-37)36-22-24-39-38-23-17-30(28-46)25-40(38)45(2,3)41(39)27-36/h4-27,29,43H,1-3H3. The highest BCUT2D eigenvalue weighted by molar-refractivity contribution is 6.15. The highest BCUT2D eigenvalue weighted by Gasteiger charge is 2.36. The van der Waals surface area contributed by atoms with Crippen molar-refractivity contribution in [3.63, 3.8) is 0 Å². The first-order chi connectivity index (χ1) is 23.4. The van der Waals surface area contributed by atoms with E-state index in [0.717, 1.165) is 22.7 Å². The number of amidine groups is 1. The lowest BCUT2D eigenvalue weighted by Gasteiger charge is -2.28. The summed E-state index contributed by atoms with van der Waals surface area (Å²) in [7, 11) is 0. The second kappa shape index (κ2) is 11.7. The number of aliphatic imine (C=N–C) groups is 2. The van der Waals surface area contributed by atoms with Gasteiger partial charge in [0.2, 0.25) is 0 Å². The number of hydrogen-bond donors (Lipinski definition) is 0. The molecule has 2 unspecified atom stereocenters. The minimum absolute atomic E-state index is 0.0677. The van der Waals surface area contributed by atoms with Crippen molar-refractivity contribution in [1.29, 1.82) is 5.26 Å². The lowest BCUT2D eigenvalue weighted by molar-refractivity contribution is 0.592. The number of rotatable bonds is 5. The van der Waals surface area contributed by atoms with Gasteiger partial charge >= 0.3 is 0 Å². The van der Waals surface area contributed by atoms with Gasteiger partial charge in [-0.3, -0.25) is 4.99 Å². The zero-order valence-electron chi connectivity index (χ0n) is 27.4. The molecule has 0 saturated carbocycles. The van der Waals surface area contributed by atoms with E-state index in [9.17, 15) is 5.26 Å². The molecule has 0 radical (unpaired) electrons. The molecular weight excluding hydrogens is 583 g/mol. The molecule has 3 nitrogen and oxygen atoms in total. The van der Waals surface area contributed by atoms with Crippen molar-refractivity contribution in [2.75, 3.05) is 0 Å². The minimum atomic E-state index is -0.195. The SMILES string of the molecule is CC1C(c2ccc(-c3ccccc3)cc2)=NC(c2ccccc2)=NC1c1cccc(-c2ccc3c(c2)C(C)(C)c2cc(C#N)ccc2-3)c1. The summed E-state index contributed by atoms with van der Waals surface area (Å²) in [5, 5.41) is 9.55. The number of fused-ring (bicyclic) bond motifs is 3. The molecule has 8 rings (SSSR count). The zero-order chi connectivity index (χ0) is 32.8. The first-order valence-electron chi connectivity index (χ1n) is 16.6. The Kier molecular flexibility index (Phi) is 7.23. The normalized spacial score (nSPS) is 17.5. The second-order valence-corrected chi connectivity index (χ2v) is 13.4. The third kappa shape index (κ3) is 5.07. The maximum Gasteiger partial charge on any atom is 0.155 e. The molecule has 48 heavy (non-hydrogen) atoms. The van der Waals surface area contributed by atoms with Gasteiger partial charge < -0.3 is 0 Å². The lowest BCUT2D eigenvalue weighted by Crippen LogP contribution is -2.26. The Morgan fingerprint density at radius 3 is 1.83 bits per heavy atom. The van der Waals surface area contributed by atoms with Crippen LogP contribution in [-0.4, -0.2) is 11.5 Å². The Morgan fingerprint density at radius 1 is 0.562 bits per heavy atom. The maximum absolute atomic E-state index is 9.55. The molecule has 1 aliphatic heterocycles. The predicted octanol–water partition coefficient (Wildman–Crippen LogP) is 10.8. The fourth-order valence-electron chi connectivity index (χ4n) is 7.41. The molecule has 6 aromatic rings. The molecule has 0 bridgehead atoms. The van der Waals surface area contributed by atoms with Crippen LogP contribution in [0.2, 0.25) is 0 Å². The number of benzene rings is 6. The molecule has 3 heteroatoms. The average Bonchev–Trinajstić information content (AvgIpc) is 3.37. The van der Waals surface area contributed by atoms with E-state index in [-0.39, 0.29) is 17.4 Å². The molecule has 0 fully saturated rings. The third-order valence-electron chi connectivity index (χ3n) is 10.1. The van der Waals surface area contributed by atoms with Gasteiger partial charge in [-0.15, -0.1) is 0 Å². The second-order valence-electron chi connectivity index (χ2n) is 13.4. The third-order valence-corrected chi connectivity index (χ3v) is 10.1. The maximum atomic E-state index is 9.55. The van der Waals surface area contributed by atoms with Crippen LogP contribution in [0.5, 0.6) is 0 Å². The Morgan fingerprint density at radius 2 is 1.12 bits per heavy atom.